The van der Waals surface area contributed by atoms with E-state index < -0.39 is 0 Å². The van der Waals surface area contributed by atoms with Crippen LogP contribution in [0.3, 0.4) is 0 Å². The summed E-state index contributed by atoms with van der Waals surface area (Å²) in [5.74, 6) is 0.938. The molecular formula is C19H27N7OS. The summed E-state index contributed by atoms with van der Waals surface area (Å²) in [7, 11) is 3.97. The van der Waals surface area contributed by atoms with Crippen molar-refractivity contribution in [2.24, 2.45) is 0 Å². The molecule has 3 rings (SSSR count). The van der Waals surface area contributed by atoms with E-state index in [0.29, 0.717) is 12.4 Å². The minimum Gasteiger partial charge on any atom is -0.339 e. The van der Waals surface area contributed by atoms with Crippen molar-refractivity contribution < 1.29 is 4.79 Å². The Morgan fingerprint density at radius 2 is 2.21 bits per heavy atom. The topological polar surface area (TPSA) is 87.1 Å². The summed E-state index contributed by atoms with van der Waals surface area (Å²) >= 11 is 1.52. The first-order valence-corrected chi connectivity index (χ1v) is 10.4. The molecule has 9 heteroatoms. The first-order valence-electron chi connectivity index (χ1n) is 9.56. The van der Waals surface area contributed by atoms with Crippen LogP contribution in [-0.4, -0.2) is 69.6 Å². The highest BCUT2D eigenvalue weighted by atomic mass is 32.1. The number of carbonyl (C=O) groups is 1. The van der Waals surface area contributed by atoms with E-state index in [2.05, 4.69) is 32.4 Å². The third kappa shape index (κ3) is 5.56. The van der Waals surface area contributed by atoms with Crippen LogP contribution in [0.4, 0.5) is 10.9 Å². The van der Waals surface area contributed by atoms with Gasteiger partial charge in [-0.05, 0) is 33.4 Å². The first kappa shape index (κ1) is 20.3. The fraction of sp³-hybridized carbons (Fsp3) is 0.526. The lowest BCUT2D eigenvalue weighted by Gasteiger charge is -2.31. The Balaban J connectivity index is 1.58. The number of amides is 1. The molecule has 1 amide bonds. The van der Waals surface area contributed by atoms with Gasteiger partial charge in [-0.25, -0.2) is 4.98 Å². The van der Waals surface area contributed by atoms with Crippen LogP contribution in [-0.2, 0) is 11.2 Å². The van der Waals surface area contributed by atoms with Gasteiger partial charge in [-0.2, -0.15) is 0 Å². The molecule has 2 aromatic heterocycles. The van der Waals surface area contributed by atoms with Gasteiger partial charge >= 0.3 is 0 Å². The standard InChI is InChI=1S/C19H27N7OS/c1-4-17-23-24-19(28-17)22-16-12-20-15(11-21-16)14-7-5-10-26(13-14)18(27)8-6-9-25(2)3/h6,8,11-12,14H,4-5,7,9-10,13H2,1-3H3,(H,21,22,24)/b8-6+/t14-/m0/s1. The normalized spacial score (nSPS) is 17.4. The number of nitrogens with zero attached hydrogens (tertiary/aromatic N) is 6. The number of carbonyl (C=O) groups excluding carboxylic acids is 1. The van der Waals surface area contributed by atoms with Crippen LogP contribution in [0, 0.1) is 0 Å². The Bertz CT molecular complexity index is 803. The summed E-state index contributed by atoms with van der Waals surface area (Å²) in [6.45, 7) is 4.29. The van der Waals surface area contributed by atoms with E-state index in [1.54, 1.807) is 18.5 Å². The molecule has 2 aromatic rings. The number of piperidine rings is 1. The highest BCUT2D eigenvalue weighted by Crippen LogP contribution is 2.26. The first-order chi connectivity index (χ1) is 13.5. The van der Waals surface area contributed by atoms with Gasteiger partial charge in [0.05, 0.1) is 18.1 Å². The molecule has 1 atom stereocenters. The quantitative estimate of drug-likeness (QED) is 0.713. The molecule has 1 aliphatic heterocycles. The molecule has 0 unspecified atom stereocenters. The fourth-order valence-corrected chi connectivity index (χ4v) is 3.74. The van der Waals surface area contributed by atoms with Crippen molar-refractivity contribution in [3.8, 4) is 0 Å². The van der Waals surface area contributed by atoms with E-state index in [4.69, 9.17) is 0 Å². The summed E-state index contributed by atoms with van der Waals surface area (Å²) in [4.78, 5) is 25.4. The zero-order valence-electron chi connectivity index (χ0n) is 16.6. The molecule has 0 bridgehead atoms. The van der Waals surface area contributed by atoms with Crippen LogP contribution in [0.5, 0.6) is 0 Å². The van der Waals surface area contributed by atoms with Gasteiger partial charge in [0.25, 0.3) is 0 Å². The molecular weight excluding hydrogens is 374 g/mol. The van der Waals surface area contributed by atoms with Crippen molar-refractivity contribution in [1.82, 2.24) is 30.0 Å². The van der Waals surface area contributed by atoms with Gasteiger partial charge < -0.3 is 15.1 Å². The number of aryl methyl sites for hydroxylation is 1. The molecule has 150 valence electrons. The van der Waals surface area contributed by atoms with Crippen LogP contribution in [0.15, 0.2) is 24.5 Å². The number of rotatable bonds is 7. The van der Waals surface area contributed by atoms with Crippen molar-refractivity contribution in [1.29, 1.82) is 0 Å². The SMILES string of the molecule is CCc1nnc(Nc2cnc([C@H]3CCCN(C(=O)/C=C/CN(C)C)C3)cn2)s1. The van der Waals surface area contributed by atoms with Crippen molar-refractivity contribution in [2.75, 3.05) is 39.0 Å². The van der Waals surface area contributed by atoms with Crippen LogP contribution in [0.25, 0.3) is 0 Å². The van der Waals surface area contributed by atoms with Crippen molar-refractivity contribution in [3.05, 3.63) is 35.2 Å². The number of nitrogens with one attached hydrogen (secondary N) is 1. The second kappa shape index (κ2) is 9.70. The zero-order valence-corrected chi connectivity index (χ0v) is 17.4. The monoisotopic (exact) mass is 401 g/mol. The van der Waals surface area contributed by atoms with E-state index >= 15 is 0 Å². The minimum absolute atomic E-state index is 0.0702. The van der Waals surface area contributed by atoms with Gasteiger partial charge in [0.2, 0.25) is 11.0 Å². The average Bonchev–Trinajstić information content (AvgIpc) is 3.16. The van der Waals surface area contributed by atoms with Crippen molar-refractivity contribution >= 4 is 28.2 Å². The van der Waals surface area contributed by atoms with E-state index in [0.717, 1.165) is 48.2 Å². The van der Waals surface area contributed by atoms with E-state index in [1.807, 2.05) is 30.0 Å². The number of anilines is 2. The Labute approximate surface area is 169 Å². The lowest BCUT2D eigenvalue weighted by atomic mass is 9.95. The molecule has 0 aromatic carbocycles. The molecule has 1 aliphatic rings. The van der Waals surface area contributed by atoms with E-state index in [1.165, 1.54) is 11.3 Å². The molecule has 0 spiro atoms. The molecule has 1 fully saturated rings. The third-order valence-electron chi connectivity index (χ3n) is 4.56. The Morgan fingerprint density at radius 1 is 1.36 bits per heavy atom. The Morgan fingerprint density at radius 3 is 2.89 bits per heavy atom. The van der Waals surface area contributed by atoms with Crippen LogP contribution < -0.4 is 5.32 Å². The molecule has 0 aliphatic carbocycles. The van der Waals surface area contributed by atoms with E-state index in [9.17, 15) is 4.79 Å². The van der Waals surface area contributed by atoms with Gasteiger partial charge in [-0.15, -0.1) is 10.2 Å². The maximum absolute atomic E-state index is 12.4. The van der Waals surface area contributed by atoms with E-state index in [-0.39, 0.29) is 11.8 Å². The van der Waals surface area contributed by atoms with Crippen molar-refractivity contribution in [2.45, 2.75) is 32.1 Å². The Kier molecular flexibility index (Phi) is 7.05. The van der Waals surface area contributed by atoms with Gasteiger partial charge in [0.15, 0.2) is 5.82 Å². The number of hydrogen-bond donors (Lipinski definition) is 1. The molecule has 1 saturated heterocycles. The smallest absolute Gasteiger partial charge is 0.246 e. The maximum Gasteiger partial charge on any atom is 0.246 e. The maximum atomic E-state index is 12.4. The number of likely N-dealkylation sites (N-methyl/N-ethyl adjacent to an activating group) is 1. The predicted molar refractivity (Wildman–Crippen MR) is 111 cm³/mol. The number of hydrogen-bond acceptors (Lipinski definition) is 8. The Hall–Kier alpha value is -2.39. The van der Waals surface area contributed by atoms with Crippen LogP contribution in [0.1, 0.15) is 36.4 Å². The summed E-state index contributed by atoms with van der Waals surface area (Å²) in [5, 5.41) is 13.0. The predicted octanol–water partition coefficient (Wildman–Crippen LogP) is 2.46. The molecule has 1 N–H and O–H groups in total. The average molecular weight is 402 g/mol. The summed E-state index contributed by atoms with van der Waals surface area (Å²) in [6, 6.07) is 0. The highest BCUT2D eigenvalue weighted by molar-refractivity contribution is 7.15. The summed E-state index contributed by atoms with van der Waals surface area (Å²) in [6.07, 6.45) is 9.96. The number of likely N-dealkylation sites (tertiary alicyclic amines) is 1. The molecule has 0 saturated carbocycles. The largest absolute Gasteiger partial charge is 0.339 e. The van der Waals surface area contributed by atoms with Crippen molar-refractivity contribution in [3.63, 3.8) is 0 Å². The second-order valence-corrected chi connectivity index (χ2v) is 8.16. The highest BCUT2D eigenvalue weighted by Gasteiger charge is 2.24. The van der Waals surface area contributed by atoms with Gasteiger partial charge in [-0.1, -0.05) is 24.3 Å². The number of aromatic nitrogens is 4. The second-order valence-electron chi connectivity index (χ2n) is 7.09. The molecule has 3 heterocycles. The minimum atomic E-state index is 0.0702. The lowest BCUT2D eigenvalue weighted by molar-refractivity contribution is -0.127. The van der Waals surface area contributed by atoms with Crippen LogP contribution >= 0.6 is 11.3 Å². The zero-order chi connectivity index (χ0) is 19.9. The molecule has 0 radical (unpaired) electrons. The lowest BCUT2D eigenvalue weighted by Crippen LogP contribution is -2.38. The van der Waals surface area contributed by atoms with Gasteiger partial charge in [0.1, 0.15) is 5.01 Å². The molecule has 28 heavy (non-hydrogen) atoms. The van der Waals surface area contributed by atoms with Gasteiger partial charge in [0, 0.05) is 31.6 Å². The van der Waals surface area contributed by atoms with Crippen LogP contribution in [0.2, 0.25) is 0 Å². The summed E-state index contributed by atoms with van der Waals surface area (Å²) < 4.78 is 0. The summed E-state index contributed by atoms with van der Waals surface area (Å²) in [5.41, 5.74) is 0.923. The fourth-order valence-electron chi connectivity index (χ4n) is 3.06. The third-order valence-corrected chi connectivity index (χ3v) is 5.54. The molecule has 8 nitrogen and oxygen atoms in total. The van der Waals surface area contributed by atoms with Gasteiger partial charge in [-0.3, -0.25) is 9.78 Å².